The van der Waals surface area contributed by atoms with Crippen LogP contribution >= 0.6 is 11.6 Å². The predicted molar refractivity (Wildman–Crippen MR) is 92.3 cm³/mol. The van der Waals surface area contributed by atoms with Crippen LogP contribution < -0.4 is 15.5 Å². The van der Waals surface area contributed by atoms with Gasteiger partial charge in [0.1, 0.15) is 0 Å². The van der Waals surface area contributed by atoms with Gasteiger partial charge in [0.05, 0.1) is 22.4 Å². The van der Waals surface area contributed by atoms with Gasteiger partial charge in [-0.05, 0) is 37.3 Å². The fourth-order valence-electron chi connectivity index (χ4n) is 2.55. The molecule has 0 saturated carbocycles. The third-order valence-corrected chi connectivity index (χ3v) is 4.15. The number of aromatic nitrogens is 1. The van der Waals surface area contributed by atoms with Gasteiger partial charge in [0.2, 0.25) is 0 Å². The summed E-state index contributed by atoms with van der Waals surface area (Å²) in [6.45, 7) is 2.95. The molecule has 0 bridgehead atoms. The van der Waals surface area contributed by atoms with Gasteiger partial charge in [-0.15, -0.1) is 0 Å². The Labute approximate surface area is 144 Å². The smallest absolute Gasteiger partial charge is 0.322 e. The van der Waals surface area contributed by atoms with Crippen LogP contribution in [-0.4, -0.2) is 30.0 Å². The third kappa shape index (κ3) is 3.33. The maximum Gasteiger partial charge on any atom is 0.322 e. The standard InChI is InChI=1S/C17H17ClN4O2/c1-11(14-4-2-3-7-19-14)21-16(23)12-5-6-13(18)15(10-12)22-9-8-20-17(22)24/h2-7,10-11H,8-9H2,1H3,(H,20,24)(H,21,23)/t11-/m1/s1. The van der Waals surface area contributed by atoms with Crippen LogP contribution in [0.4, 0.5) is 10.5 Å². The predicted octanol–water partition coefficient (Wildman–Crippen LogP) is 2.76. The normalized spacial score (nSPS) is 15.1. The molecule has 0 spiro atoms. The van der Waals surface area contributed by atoms with Crippen LogP contribution in [0, 0.1) is 0 Å². The summed E-state index contributed by atoms with van der Waals surface area (Å²) in [6.07, 6.45) is 1.68. The van der Waals surface area contributed by atoms with E-state index in [9.17, 15) is 9.59 Å². The van der Waals surface area contributed by atoms with Gasteiger partial charge in [-0.3, -0.25) is 14.7 Å². The number of carbonyl (C=O) groups is 2. The first-order chi connectivity index (χ1) is 11.6. The van der Waals surface area contributed by atoms with Gasteiger partial charge in [0.15, 0.2) is 0 Å². The molecule has 7 heteroatoms. The third-order valence-electron chi connectivity index (χ3n) is 3.83. The number of nitrogens with zero attached hydrogens (tertiary/aromatic N) is 2. The summed E-state index contributed by atoms with van der Waals surface area (Å²) in [6, 6.07) is 10.0. The van der Waals surface area contributed by atoms with Crippen LogP contribution in [0.1, 0.15) is 29.0 Å². The summed E-state index contributed by atoms with van der Waals surface area (Å²) in [5, 5.41) is 6.05. The summed E-state index contributed by atoms with van der Waals surface area (Å²) in [4.78, 5) is 30.1. The molecule has 3 amide bonds. The molecule has 0 unspecified atom stereocenters. The van der Waals surface area contributed by atoms with E-state index in [0.29, 0.717) is 29.4 Å². The zero-order valence-electron chi connectivity index (χ0n) is 13.1. The molecule has 1 aromatic carbocycles. The topological polar surface area (TPSA) is 74.3 Å². The second-order valence-corrected chi connectivity index (χ2v) is 5.91. The molecule has 1 saturated heterocycles. The highest BCUT2D eigenvalue weighted by atomic mass is 35.5. The molecule has 1 aliphatic rings. The zero-order chi connectivity index (χ0) is 17.1. The Morgan fingerprint density at radius 1 is 1.38 bits per heavy atom. The van der Waals surface area contributed by atoms with Crippen LogP contribution in [0.25, 0.3) is 0 Å². The van der Waals surface area contributed by atoms with Crippen molar-refractivity contribution in [1.82, 2.24) is 15.6 Å². The maximum absolute atomic E-state index is 12.5. The van der Waals surface area contributed by atoms with Crippen molar-refractivity contribution >= 4 is 29.2 Å². The van der Waals surface area contributed by atoms with Gasteiger partial charge in [-0.2, -0.15) is 0 Å². The number of carbonyl (C=O) groups excluding carboxylic acids is 2. The van der Waals surface area contributed by atoms with Gasteiger partial charge in [0.25, 0.3) is 5.91 Å². The lowest BCUT2D eigenvalue weighted by Gasteiger charge is -2.18. The van der Waals surface area contributed by atoms with Crippen LogP contribution in [0.2, 0.25) is 5.02 Å². The quantitative estimate of drug-likeness (QED) is 0.895. The molecule has 3 rings (SSSR count). The molecule has 6 nitrogen and oxygen atoms in total. The Morgan fingerprint density at radius 2 is 2.21 bits per heavy atom. The fraction of sp³-hybridized carbons (Fsp3) is 0.235. The minimum Gasteiger partial charge on any atom is -0.344 e. The molecule has 1 fully saturated rings. The molecular weight excluding hydrogens is 328 g/mol. The molecular formula is C17H17ClN4O2. The van der Waals surface area contributed by atoms with E-state index in [4.69, 9.17) is 11.6 Å². The summed E-state index contributed by atoms with van der Waals surface area (Å²) >= 11 is 6.18. The van der Waals surface area contributed by atoms with E-state index in [-0.39, 0.29) is 18.0 Å². The van der Waals surface area contributed by atoms with Gasteiger partial charge in [0, 0.05) is 24.8 Å². The Hall–Kier alpha value is -2.60. The van der Waals surface area contributed by atoms with E-state index in [1.807, 2.05) is 25.1 Å². The first-order valence-corrected chi connectivity index (χ1v) is 8.01. The van der Waals surface area contributed by atoms with Crippen molar-refractivity contribution < 1.29 is 9.59 Å². The van der Waals surface area contributed by atoms with Crippen molar-refractivity contribution in [2.45, 2.75) is 13.0 Å². The number of anilines is 1. The number of halogens is 1. The monoisotopic (exact) mass is 344 g/mol. The minimum atomic E-state index is -0.245. The minimum absolute atomic E-state index is 0.212. The number of pyridine rings is 1. The second-order valence-electron chi connectivity index (χ2n) is 5.50. The molecule has 124 valence electrons. The highest BCUT2D eigenvalue weighted by Gasteiger charge is 2.24. The molecule has 1 aromatic heterocycles. The van der Waals surface area contributed by atoms with Gasteiger partial charge in [-0.1, -0.05) is 17.7 Å². The Bertz CT molecular complexity index is 766. The average molecular weight is 345 g/mol. The van der Waals surface area contributed by atoms with Crippen molar-refractivity contribution in [1.29, 1.82) is 0 Å². The number of hydrogen-bond donors (Lipinski definition) is 2. The van der Waals surface area contributed by atoms with Crippen molar-refractivity contribution in [2.75, 3.05) is 18.0 Å². The van der Waals surface area contributed by atoms with E-state index in [1.54, 1.807) is 24.4 Å². The number of nitrogens with one attached hydrogen (secondary N) is 2. The number of urea groups is 1. The maximum atomic E-state index is 12.5. The molecule has 1 atom stereocenters. The van der Waals surface area contributed by atoms with Crippen LogP contribution in [0.5, 0.6) is 0 Å². The summed E-state index contributed by atoms with van der Waals surface area (Å²) in [7, 11) is 0. The lowest BCUT2D eigenvalue weighted by atomic mass is 10.1. The Morgan fingerprint density at radius 3 is 2.88 bits per heavy atom. The molecule has 0 aliphatic carbocycles. The molecule has 1 aliphatic heterocycles. The largest absolute Gasteiger partial charge is 0.344 e. The van der Waals surface area contributed by atoms with Gasteiger partial charge >= 0.3 is 6.03 Å². The first-order valence-electron chi connectivity index (χ1n) is 7.63. The highest BCUT2D eigenvalue weighted by molar-refractivity contribution is 6.34. The number of amides is 3. The highest BCUT2D eigenvalue weighted by Crippen LogP contribution is 2.28. The van der Waals surface area contributed by atoms with Crippen molar-refractivity contribution in [2.24, 2.45) is 0 Å². The molecule has 0 radical (unpaired) electrons. The molecule has 24 heavy (non-hydrogen) atoms. The Balaban J connectivity index is 1.79. The van der Waals surface area contributed by atoms with E-state index < -0.39 is 0 Å². The summed E-state index contributed by atoms with van der Waals surface area (Å²) < 4.78 is 0. The van der Waals surface area contributed by atoms with Crippen LogP contribution in [0.15, 0.2) is 42.6 Å². The summed E-state index contributed by atoms with van der Waals surface area (Å²) in [5.41, 5.74) is 1.75. The number of benzene rings is 1. The van der Waals surface area contributed by atoms with Gasteiger partial charge in [-0.25, -0.2) is 4.79 Å². The Kier molecular flexibility index (Phi) is 4.66. The molecule has 2 N–H and O–H groups in total. The lowest BCUT2D eigenvalue weighted by Crippen LogP contribution is -2.29. The molecule has 2 heterocycles. The zero-order valence-corrected chi connectivity index (χ0v) is 13.9. The van der Waals surface area contributed by atoms with Crippen LogP contribution in [0.3, 0.4) is 0 Å². The SMILES string of the molecule is C[C@@H](NC(=O)c1ccc(Cl)c(N2CCNC2=O)c1)c1ccccn1. The second kappa shape index (κ2) is 6.88. The van der Waals surface area contributed by atoms with E-state index in [0.717, 1.165) is 5.69 Å². The number of rotatable bonds is 4. The van der Waals surface area contributed by atoms with Crippen molar-refractivity contribution in [3.8, 4) is 0 Å². The van der Waals surface area contributed by atoms with Crippen LogP contribution in [-0.2, 0) is 0 Å². The van der Waals surface area contributed by atoms with E-state index >= 15 is 0 Å². The summed E-state index contributed by atoms with van der Waals surface area (Å²) in [5.74, 6) is -0.245. The van der Waals surface area contributed by atoms with E-state index in [1.165, 1.54) is 4.90 Å². The number of hydrogen-bond acceptors (Lipinski definition) is 3. The first kappa shape index (κ1) is 16.3. The average Bonchev–Trinajstić information content (AvgIpc) is 3.02. The fourth-order valence-corrected chi connectivity index (χ4v) is 2.77. The lowest BCUT2D eigenvalue weighted by molar-refractivity contribution is 0.0939. The van der Waals surface area contributed by atoms with Crippen molar-refractivity contribution in [3.05, 3.63) is 58.9 Å². The molecule has 2 aromatic rings. The van der Waals surface area contributed by atoms with Gasteiger partial charge < -0.3 is 10.6 Å². The van der Waals surface area contributed by atoms with Crippen molar-refractivity contribution in [3.63, 3.8) is 0 Å². The van der Waals surface area contributed by atoms with E-state index in [2.05, 4.69) is 15.6 Å².